The Labute approximate surface area is 327 Å². The SMILES string of the molecule is CCC(C)C(C(CC(=O)N1CCCC1C(OC)C(C)C(=S)NC(Cc1ccccc1)c1nccs1)OC)N(C)C(=O)C(NC(=O)C(C)(C)NC)C(C)C. The van der Waals surface area contributed by atoms with Crippen molar-refractivity contribution in [3.05, 3.63) is 52.5 Å². The van der Waals surface area contributed by atoms with Gasteiger partial charge in [0.2, 0.25) is 17.7 Å². The molecule has 13 heteroatoms. The Kier molecular flexibility index (Phi) is 17.3. The minimum atomic E-state index is -0.849. The predicted octanol–water partition coefficient (Wildman–Crippen LogP) is 5.40. The molecule has 8 unspecified atom stereocenters. The number of likely N-dealkylation sites (tertiary alicyclic amines) is 1. The van der Waals surface area contributed by atoms with Gasteiger partial charge in [0, 0.05) is 45.3 Å². The van der Waals surface area contributed by atoms with Crippen molar-refractivity contribution in [1.29, 1.82) is 0 Å². The Hall–Kier alpha value is -2.97. The molecular formula is C40H64N6O5S2. The van der Waals surface area contributed by atoms with E-state index in [4.69, 9.17) is 21.7 Å². The molecule has 1 aromatic heterocycles. The monoisotopic (exact) mass is 772 g/mol. The van der Waals surface area contributed by atoms with Gasteiger partial charge in [-0.3, -0.25) is 14.4 Å². The first-order valence-corrected chi connectivity index (χ1v) is 20.3. The number of hydrogen-bond donors (Lipinski definition) is 3. The summed E-state index contributed by atoms with van der Waals surface area (Å²) in [7, 11) is 6.76. The summed E-state index contributed by atoms with van der Waals surface area (Å²) in [6, 6.07) is 8.87. The second kappa shape index (κ2) is 20.6. The van der Waals surface area contributed by atoms with Crippen molar-refractivity contribution in [1.82, 2.24) is 30.7 Å². The second-order valence-electron chi connectivity index (χ2n) is 15.3. The summed E-state index contributed by atoms with van der Waals surface area (Å²) in [5.41, 5.74) is 0.336. The minimum Gasteiger partial charge on any atom is -0.379 e. The van der Waals surface area contributed by atoms with E-state index in [9.17, 15) is 14.4 Å². The first-order valence-electron chi connectivity index (χ1n) is 19.0. The Balaban J connectivity index is 1.78. The fraction of sp³-hybridized carbons (Fsp3) is 0.675. The van der Waals surface area contributed by atoms with E-state index in [1.54, 1.807) is 58.4 Å². The molecule has 11 nitrogen and oxygen atoms in total. The van der Waals surface area contributed by atoms with Gasteiger partial charge >= 0.3 is 0 Å². The van der Waals surface area contributed by atoms with Crippen molar-refractivity contribution in [3.63, 3.8) is 0 Å². The van der Waals surface area contributed by atoms with E-state index in [2.05, 4.69) is 53.8 Å². The third kappa shape index (κ3) is 11.5. The standard InChI is InChI=1S/C40H64N6O5S2/c1-12-26(4)34(45(9)38(48)33(25(2)3)44-39(49)40(6,7)41-8)31(50-10)24-32(47)46-21-16-19-30(46)35(51-11)27(5)36(52)43-29(37-42-20-22-53-37)23-28-17-14-13-15-18-28/h13-15,17-18,20,22,25-27,29-31,33-35,41H,12,16,19,21,23-24H2,1-11H3,(H,43,52)(H,44,49). The van der Waals surface area contributed by atoms with Crippen molar-refractivity contribution < 1.29 is 23.9 Å². The molecule has 0 aliphatic carbocycles. The molecule has 296 valence electrons. The highest BCUT2D eigenvalue weighted by atomic mass is 32.1. The Morgan fingerprint density at radius 1 is 1.09 bits per heavy atom. The molecule has 1 aliphatic rings. The maximum absolute atomic E-state index is 14.3. The zero-order chi connectivity index (χ0) is 39.5. The van der Waals surface area contributed by atoms with Crippen LogP contribution in [0.15, 0.2) is 41.9 Å². The van der Waals surface area contributed by atoms with Crippen molar-refractivity contribution in [2.75, 3.05) is 34.9 Å². The molecule has 0 radical (unpaired) electrons. The van der Waals surface area contributed by atoms with Gasteiger partial charge in [0.05, 0.1) is 47.3 Å². The Morgan fingerprint density at radius 2 is 1.77 bits per heavy atom. The summed E-state index contributed by atoms with van der Waals surface area (Å²) in [4.78, 5) is 50.4. The summed E-state index contributed by atoms with van der Waals surface area (Å²) >= 11 is 7.63. The quantitative estimate of drug-likeness (QED) is 0.152. The molecule has 0 saturated carbocycles. The van der Waals surface area contributed by atoms with Crippen molar-refractivity contribution >= 4 is 46.3 Å². The third-order valence-corrected chi connectivity index (χ3v) is 12.4. The summed E-state index contributed by atoms with van der Waals surface area (Å²) in [6.07, 6.45) is 4.16. The van der Waals surface area contributed by atoms with Crippen LogP contribution in [0.1, 0.15) is 90.8 Å². The number of benzene rings is 1. The fourth-order valence-corrected chi connectivity index (χ4v) is 8.20. The number of amides is 3. The summed E-state index contributed by atoms with van der Waals surface area (Å²) < 4.78 is 12.2. The minimum absolute atomic E-state index is 0.0187. The van der Waals surface area contributed by atoms with Gasteiger partial charge in [-0.15, -0.1) is 11.3 Å². The van der Waals surface area contributed by atoms with Crippen LogP contribution in [-0.4, -0.2) is 108 Å². The first-order chi connectivity index (χ1) is 25.1. The summed E-state index contributed by atoms with van der Waals surface area (Å²) in [5, 5.41) is 12.5. The number of aromatic nitrogens is 1. The van der Waals surface area contributed by atoms with Crippen molar-refractivity contribution in [3.8, 4) is 0 Å². The highest BCUT2D eigenvalue weighted by molar-refractivity contribution is 7.80. The van der Waals surface area contributed by atoms with Gasteiger partial charge in [-0.05, 0) is 57.6 Å². The number of carbonyl (C=O) groups is 3. The number of methoxy groups -OCH3 is 2. The molecule has 3 rings (SSSR count). The zero-order valence-electron chi connectivity index (χ0n) is 33.7. The van der Waals surface area contributed by atoms with Crippen LogP contribution in [0.3, 0.4) is 0 Å². The van der Waals surface area contributed by atoms with E-state index >= 15 is 0 Å². The largest absolute Gasteiger partial charge is 0.379 e. The van der Waals surface area contributed by atoms with Crippen molar-refractivity contribution in [2.45, 2.75) is 122 Å². The van der Waals surface area contributed by atoms with Crippen LogP contribution in [0.2, 0.25) is 0 Å². The molecule has 1 fully saturated rings. The molecule has 53 heavy (non-hydrogen) atoms. The molecule has 0 spiro atoms. The maximum Gasteiger partial charge on any atom is 0.245 e. The molecule has 1 aliphatic heterocycles. The number of thiazole rings is 1. The molecule has 0 bridgehead atoms. The number of hydrogen-bond acceptors (Lipinski definition) is 9. The lowest BCUT2D eigenvalue weighted by Crippen LogP contribution is -2.61. The third-order valence-electron chi connectivity index (χ3n) is 11.0. The Bertz CT molecular complexity index is 1460. The summed E-state index contributed by atoms with van der Waals surface area (Å²) in [5.74, 6) is -0.836. The first kappa shape index (κ1) is 44.4. The van der Waals surface area contributed by atoms with Gasteiger partial charge in [-0.1, -0.05) is 83.6 Å². The van der Waals surface area contributed by atoms with Crippen LogP contribution >= 0.6 is 23.6 Å². The average Bonchev–Trinajstić information content (AvgIpc) is 3.87. The lowest BCUT2D eigenvalue weighted by molar-refractivity contribution is -0.147. The molecule has 1 aromatic carbocycles. The molecule has 2 heterocycles. The number of rotatable bonds is 20. The average molecular weight is 773 g/mol. The number of nitrogens with zero attached hydrogens (tertiary/aromatic N) is 3. The predicted molar refractivity (Wildman–Crippen MR) is 217 cm³/mol. The lowest BCUT2D eigenvalue weighted by Gasteiger charge is -2.41. The normalized spacial score (nSPS) is 18.8. The number of ether oxygens (including phenoxy) is 2. The second-order valence-corrected chi connectivity index (χ2v) is 16.6. The number of nitrogens with one attached hydrogen (secondary N) is 3. The van der Waals surface area contributed by atoms with Gasteiger partial charge in [0.25, 0.3) is 0 Å². The molecule has 2 aromatic rings. The Morgan fingerprint density at radius 3 is 2.32 bits per heavy atom. The highest BCUT2D eigenvalue weighted by Gasteiger charge is 2.43. The van der Waals surface area contributed by atoms with Gasteiger partial charge in [0.1, 0.15) is 11.0 Å². The van der Waals surface area contributed by atoms with Gasteiger partial charge < -0.3 is 35.2 Å². The molecule has 8 atom stereocenters. The topological polar surface area (TPSA) is 125 Å². The highest BCUT2D eigenvalue weighted by Crippen LogP contribution is 2.31. The molecular weight excluding hydrogens is 709 g/mol. The summed E-state index contributed by atoms with van der Waals surface area (Å²) in [6.45, 7) is 14.2. The maximum atomic E-state index is 14.3. The molecule has 1 saturated heterocycles. The van der Waals surface area contributed by atoms with Gasteiger partial charge in [-0.25, -0.2) is 4.98 Å². The smallest absolute Gasteiger partial charge is 0.245 e. The lowest BCUT2D eigenvalue weighted by atomic mass is 9.89. The van der Waals surface area contributed by atoms with E-state index in [0.717, 1.165) is 30.7 Å². The van der Waals surface area contributed by atoms with Crippen LogP contribution in [0.4, 0.5) is 0 Å². The van der Waals surface area contributed by atoms with E-state index in [0.29, 0.717) is 11.5 Å². The van der Waals surface area contributed by atoms with Gasteiger partial charge in [-0.2, -0.15) is 0 Å². The zero-order valence-corrected chi connectivity index (χ0v) is 35.3. The van der Waals surface area contributed by atoms with Crippen LogP contribution < -0.4 is 16.0 Å². The fourth-order valence-electron chi connectivity index (χ4n) is 7.23. The van der Waals surface area contributed by atoms with Gasteiger partial charge in [0.15, 0.2) is 0 Å². The number of carbonyl (C=O) groups excluding carboxylic acids is 3. The van der Waals surface area contributed by atoms with E-state index < -0.39 is 23.7 Å². The van der Waals surface area contributed by atoms with Crippen LogP contribution in [0, 0.1) is 17.8 Å². The molecule has 3 N–H and O–H groups in total. The van der Waals surface area contributed by atoms with E-state index in [-0.39, 0.29) is 60.1 Å². The van der Waals surface area contributed by atoms with Crippen molar-refractivity contribution in [2.24, 2.45) is 17.8 Å². The van der Waals surface area contributed by atoms with Crippen LogP contribution in [0.25, 0.3) is 0 Å². The number of thiocarbonyl (C=S) groups is 1. The number of likely N-dealkylation sites (N-methyl/N-ethyl adjacent to an activating group) is 2. The van der Waals surface area contributed by atoms with E-state index in [1.807, 2.05) is 48.5 Å². The van der Waals surface area contributed by atoms with E-state index in [1.165, 1.54) is 5.56 Å². The molecule has 3 amide bonds. The van der Waals surface area contributed by atoms with Crippen LogP contribution in [0.5, 0.6) is 0 Å². The van der Waals surface area contributed by atoms with Crippen LogP contribution in [-0.2, 0) is 30.3 Å².